The maximum absolute atomic E-state index is 8.62. The second kappa shape index (κ2) is 3.04. The van der Waals surface area contributed by atoms with Gasteiger partial charge in [-0.1, -0.05) is 11.6 Å². The number of nitriles is 1. The van der Waals surface area contributed by atoms with E-state index in [-0.39, 0.29) is 5.41 Å². The second-order valence-corrected chi connectivity index (χ2v) is 4.13. The molecular weight excluding hydrogens is 186 g/mol. The average molecular weight is 196 g/mol. The quantitative estimate of drug-likeness (QED) is 0.742. The molecule has 2 rings (SSSR count). The second-order valence-electron chi connectivity index (χ2n) is 3.69. The third-order valence-electron chi connectivity index (χ3n) is 2.51. The highest BCUT2D eigenvalue weighted by molar-refractivity contribution is 6.30. The van der Waals surface area contributed by atoms with Gasteiger partial charge in [0.1, 0.15) is 0 Å². The SMILES string of the molecule is N#CCC1(Cn2cc(Cl)cn2)CC1. The van der Waals surface area contributed by atoms with E-state index in [1.807, 2.05) is 4.68 Å². The topological polar surface area (TPSA) is 41.6 Å². The van der Waals surface area contributed by atoms with Crippen LogP contribution in [-0.2, 0) is 6.54 Å². The van der Waals surface area contributed by atoms with E-state index >= 15 is 0 Å². The van der Waals surface area contributed by atoms with Gasteiger partial charge in [0.2, 0.25) is 0 Å². The molecule has 4 heteroatoms. The maximum atomic E-state index is 8.62. The first kappa shape index (κ1) is 8.58. The van der Waals surface area contributed by atoms with Gasteiger partial charge in [0, 0.05) is 24.6 Å². The van der Waals surface area contributed by atoms with Crippen LogP contribution in [0, 0.1) is 16.7 Å². The van der Waals surface area contributed by atoms with E-state index in [1.165, 1.54) is 0 Å². The van der Waals surface area contributed by atoms with Gasteiger partial charge in [-0.3, -0.25) is 4.68 Å². The summed E-state index contributed by atoms with van der Waals surface area (Å²) in [6, 6.07) is 2.22. The molecule has 1 fully saturated rings. The van der Waals surface area contributed by atoms with Crippen LogP contribution < -0.4 is 0 Å². The number of hydrogen-bond donors (Lipinski definition) is 0. The van der Waals surface area contributed by atoms with Crippen LogP contribution in [0.25, 0.3) is 0 Å². The Morgan fingerprint density at radius 2 is 2.46 bits per heavy atom. The summed E-state index contributed by atoms with van der Waals surface area (Å²) in [6.45, 7) is 0.827. The first-order valence-corrected chi connectivity index (χ1v) is 4.67. The van der Waals surface area contributed by atoms with E-state index in [2.05, 4.69) is 11.2 Å². The van der Waals surface area contributed by atoms with Crippen molar-refractivity contribution in [2.24, 2.45) is 5.41 Å². The van der Waals surface area contributed by atoms with Crippen molar-refractivity contribution in [3.05, 3.63) is 17.4 Å². The van der Waals surface area contributed by atoms with E-state index in [4.69, 9.17) is 16.9 Å². The Morgan fingerprint density at radius 1 is 1.69 bits per heavy atom. The van der Waals surface area contributed by atoms with Gasteiger partial charge in [-0.15, -0.1) is 0 Å². The minimum atomic E-state index is 0.199. The van der Waals surface area contributed by atoms with Crippen LogP contribution in [0.3, 0.4) is 0 Å². The highest BCUT2D eigenvalue weighted by Crippen LogP contribution is 2.49. The van der Waals surface area contributed by atoms with Crippen LogP contribution in [0.2, 0.25) is 5.02 Å². The number of hydrogen-bond acceptors (Lipinski definition) is 2. The molecule has 1 aromatic heterocycles. The molecule has 3 nitrogen and oxygen atoms in total. The molecule has 0 atom stereocenters. The van der Waals surface area contributed by atoms with Gasteiger partial charge in [0.05, 0.1) is 17.3 Å². The minimum Gasteiger partial charge on any atom is -0.271 e. The Labute approximate surface area is 81.9 Å². The van der Waals surface area contributed by atoms with E-state index in [1.54, 1.807) is 12.4 Å². The van der Waals surface area contributed by atoms with Crippen LogP contribution >= 0.6 is 11.6 Å². The van der Waals surface area contributed by atoms with E-state index < -0.39 is 0 Å². The molecule has 0 radical (unpaired) electrons. The molecule has 0 aromatic carbocycles. The van der Waals surface area contributed by atoms with Gasteiger partial charge >= 0.3 is 0 Å². The Bertz CT molecular complexity index is 346. The molecule has 1 heterocycles. The lowest BCUT2D eigenvalue weighted by molar-refractivity contribution is 0.404. The normalized spacial score (nSPS) is 18.2. The Hall–Kier alpha value is -1.01. The molecule has 0 N–H and O–H groups in total. The Balaban J connectivity index is 2.02. The summed E-state index contributed by atoms with van der Waals surface area (Å²) in [4.78, 5) is 0. The fraction of sp³-hybridized carbons (Fsp3) is 0.556. The van der Waals surface area contributed by atoms with Crippen molar-refractivity contribution in [1.82, 2.24) is 9.78 Å². The highest BCUT2D eigenvalue weighted by Gasteiger charge is 2.42. The van der Waals surface area contributed by atoms with Crippen molar-refractivity contribution in [1.29, 1.82) is 5.26 Å². The van der Waals surface area contributed by atoms with Crippen LogP contribution in [0.4, 0.5) is 0 Å². The zero-order valence-corrected chi connectivity index (χ0v) is 7.96. The Morgan fingerprint density at radius 3 is 2.92 bits per heavy atom. The summed E-state index contributed by atoms with van der Waals surface area (Å²) in [5, 5.41) is 13.4. The fourth-order valence-electron chi connectivity index (χ4n) is 1.50. The van der Waals surface area contributed by atoms with Crippen LogP contribution in [0.1, 0.15) is 19.3 Å². The largest absolute Gasteiger partial charge is 0.271 e. The van der Waals surface area contributed by atoms with Gasteiger partial charge in [-0.25, -0.2) is 0 Å². The van der Waals surface area contributed by atoms with Crippen molar-refractivity contribution in [2.45, 2.75) is 25.8 Å². The van der Waals surface area contributed by atoms with Crippen molar-refractivity contribution in [2.75, 3.05) is 0 Å². The summed E-state index contributed by atoms with van der Waals surface area (Å²) in [5.74, 6) is 0. The molecule has 0 aliphatic heterocycles. The van der Waals surface area contributed by atoms with E-state index in [0.717, 1.165) is 19.4 Å². The van der Waals surface area contributed by atoms with Crippen LogP contribution in [-0.4, -0.2) is 9.78 Å². The monoisotopic (exact) mass is 195 g/mol. The summed E-state index contributed by atoms with van der Waals surface area (Å²) in [5.41, 5.74) is 0.199. The van der Waals surface area contributed by atoms with Gasteiger partial charge in [-0.05, 0) is 12.8 Å². The average Bonchev–Trinajstić information content (AvgIpc) is 2.70. The lowest BCUT2D eigenvalue weighted by Gasteiger charge is -2.09. The standard InChI is InChI=1S/C9H10ClN3/c10-8-5-12-13(6-8)7-9(1-2-9)3-4-11/h5-6H,1-3,7H2. The summed E-state index contributed by atoms with van der Waals surface area (Å²) in [6.07, 6.45) is 6.34. The third kappa shape index (κ3) is 1.84. The molecule has 13 heavy (non-hydrogen) atoms. The predicted molar refractivity (Wildman–Crippen MR) is 49.1 cm³/mol. The smallest absolute Gasteiger partial charge is 0.0785 e. The van der Waals surface area contributed by atoms with Crippen molar-refractivity contribution < 1.29 is 0 Å². The Kier molecular flexibility index (Phi) is 2.01. The molecule has 0 spiro atoms. The molecule has 0 amide bonds. The number of halogens is 1. The molecule has 0 unspecified atom stereocenters. The molecule has 0 bridgehead atoms. The first-order valence-electron chi connectivity index (χ1n) is 4.29. The van der Waals surface area contributed by atoms with E-state index in [0.29, 0.717) is 11.4 Å². The van der Waals surface area contributed by atoms with Gasteiger partial charge in [0.15, 0.2) is 0 Å². The molecule has 1 aromatic rings. The third-order valence-corrected chi connectivity index (χ3v) is 2.71. The highest BCUT2D eigenvalue weighted by atomic mass is 35.5. The number of aromatic nitrogens is 2. The van der Waals surface area contributed by atoms with Gasteiger partial charge < -0.3 is 0 Å². The van der Waals surface area contributed by atoms with E-state index in [9.17, 15) is 0 Å². The number of nitrogens with zero attached hydrogens (tertiary/aromatic N) is 3. The molecule has 1 aliphatic carbocycles. The van der Waals surface area contributed by atoms with Gasteiger partial charge in [-0.2, -0.15) is 10.4 Å². The molecule has 1 aliphatic rings. The lowest BCUT2D eigenvalue weighted by atomic mass is 10.0. The summed E-state index contributed by atoms with van der Waals surface area (Å²) >= 11 is 5.74. The zero-order valence-electron chi connectivity index (χ0n) is 7.20. The lowest BCUT2D eigenvalue weighted by Crippen LogP contribution is -2.11. The minimum absolute atomic E-state index is 0.199. The predicted octanol–water partition coefficient (Wildman–Crippen LogP) is 2.23. The fourth-order valence-corrected chi connectivity index (χ4v) is 1.66. The van der Waals surface area contributed by atoms with Crippen LogP contribution in [0.5, 0.6) is 0 Å². The zero-order chi connectivity index (χ0) is 9.31. The molecule has 68 valence electrons. The van der Waals surface area contributed by atoms with Gasteiger partial charge in [0.25, 0.3) is 0 Å². The van der Waals surface area contributed by atoms with Crippen LogP contribution in [0.15, 0.2) is 12.4 Å². The van der Waals surface area contributed by atoms with Crippen molar-refractivity contribution in [3.8, 4) is 6.07 Å². The molecular formula is C9H10ClN3. The summed E-state index contributed by atoms with van der Waals surface area (Å²) < 4.78 is 1.83. The maximum Gasteiger partial charge on any atom is 0.0785 e. The van der Waals surface area contributed by atoms with Crippen molar-refractivity contribution in [3.63, 3.8) is 0 Å². The number of rotatable bonds is 3. The molecule has 0 saturated heterocycles. The first-order chi connectivity index (χ1) is 6.24. The molecule has 1 saturated carbocycles. The van der Waals surface area contributed by atoms with Crippen molar-refractivity contribution >= 4 is 11.6 Å². The summed E-state index contributed by atoms with van der Waals surface area (Å²) in [7, 11) is 0.